The van der Waals surface area contributed by atoms with Gasteiger partial charge in [0.1, 0.15) is 5.75 Å². The maximum absolute atomic E-state index is 11.2. The van der Waals surface area contributed by atoms with Crippen LogP contribution in [0.15, 0.2) is 43.0 Å². The summed E-state index contributed by atoms with van der Waals surface area (Å²) in [6.07, 6.45) is 0. The van der Waals surface area contributed by atoms with Crippen molar-refractivity contribution in [2.75, 3.05) is 0 Å². The van der Waals surface area contributed by atoms with Crippen LogP contribution in [0.4, 0.5) is 0 Å². The molecule has 0 aliphatic carbocycles. The summed E-state index contributed by atoms with van der Waals surface area (Å²) in [5.74, 6) is 0.117. The molecule has 1 rings (SSSR count). The highest BCUT2D eigenvalue weighted by atomic mass is 16.5. The van der Waals surface area contributed by atoms with Gasteiger partial charge in [-0.05, 0) is 31.5 Å². The van der Waals surface area contributed by atoms with Crippen molar-refractivity contribution < 1.29 is 9.53 Å². The molecular weight excluding hydrogens is 188 g/mol. The van der Waals surface area contributed by atoms with E-state index in [0.29, 0.717) is 11.3 Å². The van der Waals surface area contributed by atoms with Crippen molar-refractivity contribution in [3.05, 3.63) is 48.6 Å². The van der Waals surface area contributed by atoms with E-state index in [1.54, 1.807) is 19.1 Å². The number of hydrogen-bond donors (Lipinski definition) is 0. The Labute approximate surface area is 89.9 Å². The molecule has 0 heterocycles. The molecule has 0 N–H and O–H groups in total. The van der Waals surface area contributed by atoms with Crippen molar-refractivity contribution in [1.29, 1.82) is 0 Å². The molecule has 15 heavy (non-hydrogen) atoms. The van der Waals surface area contributed by atoms with Crippen LogP contribution >= 0.6 is 0 Å². The molecule has 0 unspecified atom stereocenters. The van der Waals surface area contributed by atoms with E-state index >= 15 is 0 Å². The fourth-order valence-electron chi connectivity index (χ4n) is 1.00. The fraction of sp³-hybridized carbons (Fsp3) is 0.154. The topological polar surface area (TPSA) is 26.3 Å². The average molecular weight is 202 g/mol. The molecule has 2 heteroatoms. The molecule has 78 valence electrons. The van der Waals surface area contributed by atoms with Crippen molar-refractivity contribution in [2.45, 2.75) is 13.8 Å². The van der Waals surface area contributed by atoms with Crippen LogP contribution in [0.5, 0.6) is 5.75 Å². The van der Waals surface area contributed by atoms with Gasteiger partial charge in [0, 0.05) is 5.57 Å². The van der Waals surface area contributed by atoms with Crippen LogP contribution in [0.25, 0.3) is 5.57 Å². The molecule has 0 bridgehead atoms. The summed E-state index contributed by atoms with van der Waals surface area (Å²) in [5.41, 5.74) is 2.40. The van der Waals surface area contributed by atoms with Crippen LogP contribution in [0.3, 0.4) is 0 Å². The van der Waals surface area contributed by atoms with Gasteiger partial charge in [-0.25, -0.2) is 4.79 Å². The summed E-state index contributed by atoms with van der Waals surface area (Å²) in [4.78, 5) is 11.2. The Balaban J connectivity index is 2.77. The molecule has 1 aromatic carbocycles. The molecule has 0 aromatic heterocycles. The minimum Gasteiger partial charge on any atom is -0.423 e. The van der Waals surface area contributed by atoms with Crippen LogP contribution < -0.4 is 4.74 Å². The van der Waals surface area contributed by atoms with Gasteiger partial charge >= 0.3 is 5.97 Å². The summed E-state index contributed by atoms with van der Waals surface area (Å²) < 4.78 is 5.04. The molecule has 0 fully saturated rings. The second-order valence-corrected chi connectivity index (χ2v) is 3.47. The predicted molar refractivity (Wildman–Crippen MR) is 61.6 cm³/mol. The SMILES string of the molecule is C=C(C)C(=O)Oc1ccc(C(=C)C)cc1. The van der Waals surface area contributed by atoms with E-state index in [9.17, 15) is 4.79 Å². The van der Waals surface area contributed by atoms with Crippen molar-refractivity contribution in [1.82, 2.24) is 0 Å². The Morgan fingerprint density at radius 1 is 1.13 bits per heavy atom. The number of carbonyl (C=O) groups is 1. The molecule has 0 amide bonds. The number of ether oxygens (including phenoxy) is 1. The monoisotopic (exact) mass is 202 g/mol. The molecule has 0 atom stereocenters. The third kappa shape index (κ3) is 3.09. The van der Waals surface area contributed by atoms with Crippen LogP contribution in [-0.2, 0) is 4.79 Å². The smallest absolute Gasteiger partial charge is 0.338 e. The van der Waals surface area contributed by atoms with Crippen LogP contribution in [0, 0.1) is 0 Å². The summed E-state index contributed by atoms with van der Waals surface area (Å²) in [6.45, 7) is 10.9. The van der Waals surface area contributed by atoms with Gasteiger partial charge in [0.15, 0.2) is 0 Å². The van der Waals surface area contributed by atoms with Gasteiger partial charge in [-0.15, -0.1) is 0 Å². The number of benzene rings is 1. The lowest BCUT2D eigenvalue weighted by atomic mass is 10.1. The zero-order chi connectivity index (χ0) is 11.4. The quantitative estimate of drug-likeness (QED) is 0.427. The molecule has 0 spiro atoms. The number of esters is 1. The van der Waals surface area contributed by atoms with E-state index in [1.807, 2.05) is 19.1 Å². The van der Waals surface area contributed by atoms with Crippen LogP contribution in [0.1, 0.15) is 19.4 Å². The second-order valence-electron chi connectivity index (χ2n) is 3.47. The van der Waals surface area contributed by atoms with Gasteiger partial charge in [-0.2, -0.15) is 0 Å². The first-order chi connectivity index (χ1) is 7.00. The van der Waals surface area contributed by atoms with Gasteiger partial charge in [-0.3, -0.25) is 0 Å². The number of rotatable bonds is 3. The normalized spacial score (nSPS) is 9.47. The zero-order valence-electron chi connectivity index (χ0n) is 9.04. The molecule has 1 aromatic rings. The standard InChI is InChI=1S/C13H14O2/c1-9(2)11-5-7-12(8-6-11)15-13(14)10(3)4/h5-8H,1,3H2,2,4H3. The van der Waals surface area contributed by atoms with Crippen molar-refractivity contribution in [3.63, 3.8) is 0 Å². The Kier molecular flexibility index (Phi) is 3.45. The molecule has 0 saturated heterocycles. The first-order valence-electron chi connectivity index (χ1n) is 4.64. The Morgan fingerprint density at radius 2 is 1.67 bits per heavy atom. The highest BCUT2D eigenvalue weighted by Crippen LogP contribution is 2.17. The molecular formula is C13H14O2. The van der Waals surface area contributed by atoms with Gasteiger partial charge in [0.05, 0.1) is 0 Å². The minimum absolute atomic E-state index is 0.388. The van der Waals surface area contributed by atoms with E-state index < -0.39 is 5.97 Å². The van der Waals surface area contributed by atoms with Gasteiger partial charge in [0.25, 0.3) is 0 Å². The number of allylic oxidation sites excluding steroid dienone is 1. The zero-order valence-corrected chi connectivity index (χ0v) is 9.04. The van der Waals surface area contributed by atoms with Gasteiger partial charge in [0.2, 0.25) is 0 Å². The summed E-state index contributed by atoms with van der Waals surface area (Å²) in [7, 11) is 0. The van der Waals surface area contributed by atoms with E-state index in [2.05, 4.69) is 13.2 Å². The lowest BCUT2D eigenvalue weighted by molar-refractivity contribution is -0.130. The van der Waals surface area contributed by atoms with E-state index in [1.165, 1.54) is 0 Å². The lowest BCUT2D eigenvalue weighted by Gasteiger charge is -2.04. The number of carbonyl (C=O) groups excluding carboxylic acids is 1. The fourth-order valence-corrected chi connectivity index (χ4v) is 1.00. The maximum atomic E-state index is 11.2. The number of hydrogen-bond acceptors (Lipinski definition) is 2. The van der Waals surface area contributed by atoms with Crippen LogP contribution in [0.2, 0.25) is 0 Å². The van der Waals surface area contributed by atoms with Crippen LogP contribution in [-0.4, -0.2) is 5.97 Å². The molecule has 0 radical (unpaired) electrons. The lowest BCUT2D eigenvalue weighted by Crippen LogP contribution is -2.07. The molecule has 0 aliphatic rings. The highest BCUT2D eigenvalue weighted by Gasteiger charge is 2.04. The van der Waals surface area contributed by atoms with Crippen molar-refractivity contribution in [2.24, 2.45) is 0 Å². The first-order valence-corrected chi connectivity index (χ1v) is 4.64. The average Bonchev–Trinajstić information content (AvgIpc) is 2.18. The summed E-state index contributed by atoms with van der Waals surface area (Å²) in [5, 5.41) is 0. The van der Waals surface area contributed by atoms with E-state index in [-0.39, 0.29) is 0 Å². The first kappa shape index (κ1) is 11.2. The van der Waals surface area contributed by atoms with Gasteiger partial charge < -0.3 is 4.74 Å². The van der Waals surface area contributed by atoms with E-state index in [4.69, 9.17) is 4.74 Å². The molecule has 0 aliphatic heterocycles. The highest BCUT2D eigenvalue weighted by molar-refractivity contribution is 5.88. The Bertz CT molecular complexity index is 399. The Hall–Kier alpha value is -1.83. The van der Waals surface area contributed by atoms with E-state index in [0.717, 1.165) is 11.1 Å². The third-order valence-corrected chi connectivity index (χ3v) is 1.91. The molecule has 2 nitrogen and oxygen atoms in total. The second kappa shape index (κ2) is 4.60. The Morgan fingerprint density at radius 3 is 2.07 bits per heavy atom. The minimum atomic E-state index is -0.405. The van der Waals surface area contributed by atoms with Crippen molar-refractivity contribution in [3.8, 4) is 5.75 Å². The third-order valence-electron chi connectivity index (χ3n) is 1.91. The van der Waals surface area contributed by atoms with Crippen molar-refractivity contribution >= 4 is 11.5 Å². The largest absolute Gasteiger partial charge is 0.423 e. The summed E-state index contributed by atoms with van der Waals surface area (Å²) in [6, 6.07) is 7.21. The maximum Gasteiger partial charge on any atom is 0.338 e. The summed E-state index contributed by atoms with van der Waals surface area (Å²) >= 11 is 0. The predicted octanol–water partition coefficient (Wildman–Crippen LogP) is 3.20. The molecule has 0 saturated carbocycles. The van der Waals surface area contributed by atoms with Gasteiger partial charge in [-0.1, -0.05) is 30.9 Å².